The van der Waals surface area contributed by atoms with Crippen LogP contribution in [0.4, 0.5) is 17.6 Å². The van der Waals surface area contributed by atoms with Crippen molar-refractivity contribution in [1.82, 2.24) is 9.97 Å². The van der Waals surface area contributed by atoms with Gasteiger partial charge < -0.3 is 9.84 Å². The average Bonchev–Trinajstić information content (AvgIpc) is 2.62. The topological polar surface area (TPSA) is 72.3 Å². The van der Waals surface area contributed by atoms with Crippen molar-refractivity contribution in [3.8, 4) is 23.0 Å². The van der Waals surface area contributed by atoms with Crippen molar-refractivity contribution in [3.63, 3.8) is 0 Å². The van der Waals surface area contributed by atoms with Gasteiger partial charge in [0.1, 0.15) is 17.1 Å². The molecule has 0 fully saturated rings. The Morgan fingerprint density at radius 2 is 1.86 bits per heavy atom. The number of nitrogens with zero attached hydrogens (tertiary/aromatic N) is 2. The highest BCUT2D eigenvalue weighted by Gasteiger charge is 2.34. The molecule has 28 heavy (non-hydrogen) atoms. The number of para-hydroxylation sites is 1. The van der Waals surface area contributed by atoms with E-state index in [4.69, 9.17) is 16.3 Å². The van der Waals surface area contributed by atoms with Crippen LogP contribution in [0.1, 0.15) is 15.9 Å². The lowest BCUT2D eigenvalue weighted by Crippen LogP contribution is -2.08. The fourth-order valence-corrected chi connectivity index (χ4v) is 2.42. The molecule has 0 spiro atoms. The van der Waals surface area contributed by atoms with Crippen LogP contribution in [0.5, 0.6) is 11.6 Å². The van der Waals surface area contributed by atoms with Crippen LogP contribution in [0.2, 0.25) is 5.02 Å². The van der Waals surface area contributed by atoms with Crippen LogP contribution in [-0.4, -0.2) is 21.0 Å². The summed E-state index contributed by atoms with van der Waals surface area (Å²) < 4.78 is 57.4. The summed E-state index contributed by atoms with van der Waals surface area (Å²) in [7, 11) is 0. The zero-order valence-electron chi connectivity index (χ0n) is 13.7. The van der Waals surface area contributed by atoms with Crippen LogP contribution in [0.25, 0.3) is 11.4 Å². The van der Waals surface area contributed by atoms with Gasteiger partial charge in [0.05, 0.1) is 10.6 Å². The maximum Gasteiger partial charge on any atom is 0.419 e. The number of aromatic nitrogens is 2. The smallest absolute Gasteiger partial charge is 0.419 e. The number of carboxylic acids is 1. The molecular weight excluding hydrogens is 404 g/mol. The maximum atomic E-state index is 13.8. The molecule has 1 N–H and O–H groups in total. The molecule has 3 aromatic rings. The Morgan fingerprint density at radius 3 is 2.46 bits per heavy atom. The number of rotatable bonds is 4. The quantitative estimate of drug-likeness (QED) is 0.577. The summed E-state index contributed by atoms with van der Waals surface area (Å²) in [6.45, 7) is 0. The third-order valence-corrected chi connectivity index (χ3v) is 3.87. The highest BCUT2D eigenvalue weighted by Crippen LogP contribution is 2.34. The number of alkyl halides is 3. The number of hydrogen-bond acceptors (Lipinski definition) is 4. The van der Waals surface area contributed by atoms with Gasteiger partial charge in [0.15, 0.2) is 5.82 Å². The van der Waals surface area contributed by atoms with Gasteiger partial charge in [-0.05, 0) is 24.3 Å². The molecular formula is C18H9ClF4N2O3. The standard InChI is InChI=1S/C18H9ClF4N2O3/c19-12-3-1-2-4-14(12)28-16-10(17(26)27)8-24-15(25-16)9-5-6-11(13(20)7-9)18(21,22)23/h1-8H,(H,26,27). The molecule has 0 aliphatic carbocycles. The third-order valence-electron chi connectivity index (χ3n) is 3.56. The van der Waals surface area contributed by atoms with Crippen molar-refractivity contribution in [2.45, 2.75) is 6.18 Å². The molecule has 0 radical (unpaired) electrons. The largest absolute Gasteiger partial charge is 0.477 e. The molecule has 1 heterocycles. The summed E-state index contributed by atoms with van der Waals surface area (Å²) in [6, 6.07) is 8.32. The molecule has 0 saturated heterocycles. The number of carbonyl (C=O) groups is 1. The number of halogens is 5. The van der Waals surface area contributed by atoms with Gasteiger partial charge in [-0.15, -0.1) is 0 Å². The van der Waals surface area contributed by atoms with E-state index in [2.05, 4.69) is 9.97 Å². The minimum absolute atomic E-state index is 0.0913. The van der Waals surface area contributed by atoms with E-state index in [1.54, 1.807) is 12.1 Å². The predicted molar refractivity (Wildman–Crippen MR) is 90.9 cm³/mol. The monoisotopic (exact) mass is 412 g/mol. The summed E-state index contributed by atoms with van der Waals surface area (Å²) in [5.74, 6) is -3.42. The first kappa shape index (κ1) is 19.6. The zero-order valence-corrected chi connectivity index (χ0v) is 14.4. The zero-order chi connectivity index (χ0) is 20.5. The van der Waals surface area contributed by atoms with Crippen molar-refractivity contribution in [1.29, 1.82) is 0 Å². The van der Waals surface area contributed by atoms with Crippen molar-refractivity contribution < 1.29 is 32.2 Å². The molecule has 5 nitrogen and oxygen atoms in total. The van der Waals surface area contributed by atoms with E-state index in [0.717, 1.165) is 12.3 Å². The van der Waals surface area contributed by atoms with Gasteiger partial charge in [-0.1, -0.05) is 29.8 Å². The normalized spacial score (nSPS) is 11.3. The first-order valence-corrected chi connectivity index (χ1v) is 7.94. The Hall–Kier alpha value is -3.20. The van der Waals surface area contributed by atoms with Crippen LogP contribution in [0.3, 0.4) is 0 Å². The molecule has 0 unspecified atom stereocenters. The molecule has 0 atom stereocenters. The van der Waals surface area contributed by atoms with Gasteiger partial charge in [0, 0.05) is 11.8 Å². The Labute approximate surface area is 160 Å². The van der Waals surface area contributed by atoms with Gasteiger partial charge in [-0.2, -0.15) is 18.2 Å². The van der Waals surface area contributed by atoms with E-state index in [9.17, 15) is 27.5 Å². The van der Waals surface area contributed by atoms with E-state index < -0.39 is 35.0 Å². The molecule has 0 aliphatic rings. The van der Waals surface area contributed by atoms with Crippen LogP contribution in [0, 0.1) is 5.82 Å². The fraction of sp³-hybridized carbons (Fsp3) is 0.0556. The molecule has 0 amide bonds. The molecule has 0 aliphatic heterocycles. The van der Waals surface area contributed by atoms with Crippen molar-refractivity contribution >= 4 is 17.6 Å². The molecule has 144 valence electrons. The summed E-state index contributed by atoms with van der Waals surface area (Å²) in [5, 5.41) is 9.45. The van der Waals surface area contributed by atoms with Crippen molar-refractivity contribution in [2.75, 3.05) is 0 Å². The summed E-state index contributed by atoms with van der Waals surface area (Å²) >= 11 is 5.97. The van der Waals surface area contributed by atoms with E-state index in [1.807, 2.05) is 0 Å². The van der Waals surface area contributed by atoms with Gasteiger partial charge in [0.2, 0.25) is 5.88 Å². The summed E-state index contributed by atoms with van der Waals surface area (Å²) in [5.41, 5.74) is -1.94. The minimum atomic E-state index is -4.85. The van der Waals surface area contributed by atoms with Gasteiger partial charge >= 0.3 is 12.1 Å². The second-order valence-electron chi connectivity index (χ2n) is 5.44. The SMILES string of the molecule is O=C(O)c1cnc(-c2ccc(C(F)(F)F)c(F)c2)nc1Oc1ccccc1Cl. The lowest BCUT2D eigenvalue weighted by molar-refractivity contribution is -0.139. The number of aromatic carboxylic acids is 1. The lowest BCUT2D eigenvalue weighted by atomic mass is 10.1. The second kappa shape index (κ2) is 7.43. The predicted octanol–water partition coefficient (Wildman–Crippen LogP) is 5.45. The van der Waals surface area contributed by atoms with Gasteiger partial charge in [-0.3, -0.25) is 0 Å². The number of hydrogen-bond donors (Lipinski definition) is 1. The van der Waals surface area contributed by atoms with E-state index in [-0.39, 0.29) is 22.2 Å². The van der Waals surface area contributed by atoms with Gasteiger partial charge in [-0.25, -0.2) is 14.2 Å². The Bertz CT molecular complexity index is 1060. The molecule has 0 bridgehead atoms. The first-order valence-electron chi connectivity index (χ1n) is 7.56. The number of benzene rings is 2. The number of carboxylic acid groups (broad SMARTS) is 1. The molecule has 2 aromatic carbocycles. The van der Waals surface area contributed by atoms with E-state index in [1.165, 1.54) is 12.1 Å². The van der Waals surface area contributed by atoms with E-state index in [0.29, 0.717) is 12.1 Å². The lowest BCUT2D eigenvalue weighted by Gasteiger charge is -2.11. The molecule has 0 saturated carbocycles. The van der Waals surface area contributed by atoms with Crippen molar-refractivity contribution in [2.24, 2.45) is 0 Å². The second-order valence-corrected chi connectivity index (χ2v) is 5.85. The Kier molecular flexibility index (Phi) is 5.19. The third kappa shape index (κ3) is 4.04. The number of ether oxygens (including phenoxy) is 1. The summed E-state index contributed by atoms with van der Waals surface area (Å²) in [4.78, 5) is 19.1. The Morgan fingerprint density at radius 1 is 1.14 bits per heavy atom. The highest BCUT2D eigenvalue weighted by molar-refractivity contribution is 6.32. The molecule has 3 rings (SSSR count). The Balaban J connectivity index is 2.05. The minimum Gasteiger partial charge on any atom is -0.477 e. The van der Waals surface area contributed by atoms with Crippen LogP contribution < -0.4 is 4.74 Å². The van der Waals surface area contributed by atoms with Crippen LogP contribution in [0.15, 0.2) is 48.7 Å². The van der Waals surface area contributed by atoms with Crippen molar-refractivity contribution in [3.05, 3.63) is 70.6 Å². The highest BCUT2D eigenvalue weighted by atomic mass is 35.5. The van der Waals surface area contributed by atoms with Gasteiger partial charge in [0.25, 0.3) is 0 Å². The van der Waals surface area contributed by atoms with Crippen LogP contribution in [-0.2, 0) is 6.18 Å². The molecule has 10 heteroatoms. The van der Waals surface area contributed by atoms with Crippen LogP contribution >= 0.6 is 11.6 Å². The fourth-order valence-electron chi connectivity index (χ4n) is 2.25. The average molecular weight is 413 g/mol. The molecule has 1 aromatic heterocycles. The maximum absolute atomic E-state index is 13.8. The first-order chi connectivity index (χ1) is 13.2. The van der Waals surface area contributed by atoms with E-state index >= 15 is 0 Å². The summed E-state index contributed by atoms with van der Waals surface area (Å²) in [6.07, 6.45) is -3.94.